The topological polar surface area (TPSA) is 0 Å². The van der Waals surface area contributed by atoms with E-state index >= 15 is 0 Å². The molecule has 0 saturated carbocycles. The van der Waals surface area contributed by atoms with Crippen molar-refractivity contribution in [2.24, 2.45) is 5.92 Å². The quantitative estimate of drug-likeness (QED) is 0.413. The van der Waals surface area contributed by atoms with Crippen molar-refractivity contribution < 1.29 is 0 Å². The van der Waals surface area contributed by atoms with Crippen molar-refractivity contribution in [1.29, 1.82) is 0 Å². The largest absolute Gasteiger partial charge is 0.102 e. The van der Waals surface area contributed by atoms with Gasteiger partial charge in [0.25, 0.3) is 0 Å². The second kappa shape index (κ2) is 5.72. The Morgan fingerprint density at radius 1 is 1.45 bits per heavy atom. The highest BCUT2D eigenvalue weighted by molar-refractivity contribution is 5.23. The molecular formula is C11H16. The van der Waals surface area contributed by atoms with Gasteiger partial charge in [0.2, 0.25) is 0 Å². The van der Waals surface area contributed by atoms with E-state index in [4.69, 9.17) is 0 Å². The fraction of sp³-hybridized carbons (Fsp3) is 0.273. The van der Waals surface area contributed by atoms with E-state index in [2.05, 4.69) is 26.7 Å². The first-order valence-corrected chi connectivity index (χ1v) is 3.86. The van der Waals surface area contributed by atoms with Crippen molar-refractivity contribution in [3.8, 4) is 0 Å². The summed E-state index contributed by atoms with van der Waals surface area (Å²) in [6.07, 6.45) is 8.61. The monoisotopic (exact) mass is 148 g/mol. The number of allylic oxidation sites excluding steroid dienone is 5. The molecule has 0 spiro atoms. The first kappa shape index (κ1) is 9.96. The average molecular weight is 148 g/mol. The van der Waals surface area contributed by atoms with Crippen LogP contribution in [-0.4, -0.2) is 0 Å². The molecule has 11 heavy (non-hydrogen) atoms. The first-order chi connectivity index (χ1) is 5.26. The highest BCUT2D eigenvalue weighted by atomic mass is 14.1. The molecular weight excluding hydrogens is 132 g/mol. The fourth-order valence-corrected chi connectivity index (χ4v) is 0.895. The predicted octanol–water partition coefficient (Wildman–Crippen LogP) is 3.50. The minimum Gasteiger partial charge on any atom is -0.102 e. The third-order valence-corrected chi connectivity index (χ3v) is 1.65. The lowest BCUT2D eigenvalue weighted by Gasteiger charge is -2.08. The Kier molecular flexibility index (Phi) is 5.18. The molecule has 0 aliphatic rings. The SMILES string of the molecule is C=C/C=C\C(=C)[C@H](C=C)CC. The summed E-state index contributed by atoms with van der Waals surface area (Å²) in [5.41, 5.74) is 1.10. The zero-order chi connectivity index (χ0) is 8.69. The maximum absolute atomic E-state index is 3.93. The molecule has 0 unspecified atom stereocenters. The summed E-state index contributed by atoms with van der Waals surface area (Å²) < 4.78 is 0. The number of hydrogen-bond acceptors (Lipinski definition) is 0. The normalized spacial score (nSPS) is 12.8. The van der Waals surface area contributed by atoms with Crippen LogP contribution in [0, 0.1) is 5.92 Å². The molecule has 0 heteroatoms. The zero-order valence-corrected chi connectivity index (χ0v) is 7.22. The van der Waals surface area contributed by atoms with E-state index in [1.807, 2.05) is 18.2 Å². The van der Waals surface area contributed by atoms with E-state index in [1.165, 1.54) is 0 Å². The van der Waals surface area contributed by atoms with E-state index in [9.17, 15) is 0 Å². The van der Waals surface area contributed by atoms with Gasteiger partial charge in [-0.05, 0) is 12.0 Å². The van der Waals surface area contributed by atoms with Crippen molar-refractivity contribution in [2.45, 2.75) is 13.3 Å². The summed E-state index contributed by atoms with van der Waals surface area (Å²) >= 11 is 0. The maximum atomic E-state index is 3.93. The van der Waals surface area contributed by atoms with Gasteiger partial charge in [0.1, 0.15) is 0 Å². The second-order valence-corrected chi connectivity index (χ2v) is 2.42. The lowest BCUT2D eigenvalue weighted by Crippen LogP contribution is -1.94. The van der Waals surface area contributed by atoms with Gasteiger partial charge in [-0.15, -0.1) is 6.58 Å². The molecule has 0 saturated heterocycles. The predicted molar refractivity (Wildman–Crippen MR) is 52.5 cm³/mol. The highest BCUT2D eigenvalue weighted by Gasteiger charge is 2.00. The van der Waals surface area contributed by atoms with Gasteiger partial charge in [0, 0.05) is 5.92 Å². The van der Waals surface area contributed by atoms with Gasteiger partial charge in [-0.2, -0.15) is 0 Å². The molecule has 0 nitrogen and oxygen atoms in total. The average Bonchev–Trinajstić information content (AvgIpc) is 2.03. The summed E-state index contributed by atoms with van der Waals surface area (Å²) in [5.74, 6) is 0.409. The van der Waals surface area contributed by atoms with Crippen molar-refractivity contribution in [1.82, 2.24) is 0 Å². The van der Waals surface area contributed by atoms with Crippen LogP contribution in [-0.2, 0) is 0 Å². The van der Waals surface area contributed by atoms with Crippen LogP contribution in [0.25, 0.3) is 0 Å². The Labute approximate surface area is 69.6 Å². The Bertz CT molecular complexity index is 172. The molecule has 0 aliphatic heterocycles. The van der Waals surface area contributed by atoms with Crippen molar-refractivity contribution >= 4 is 0 Å². The third kappa shape index (κ3) is 3.61. The van der Waals surface area contributed by atoms with E-state index in [0.717, 1.165) is 12.0 Å². The molecule has 60 valence electrons. The highest BCUT2D eigenvalue weighted by Crippen LogP contribution is 2.14. The van der Waals surface area contributed by atoms with Gasteiger partial charge >= 0.3 is 0 Å². The molecule has 0 aromatic rings. The van der Waals surface area contributed by atoms with Crippen LogP contribution in [0.1, 0.15) is 13.3 Å². The summed E-state index contributed by atoms with van der Waals surface area (Å²) in [4.78, 5) is 0. The molecule has 0 rings (SSSR count). The second-order valence-electron chi connectivity index (χ2n) is 2.42. The van der Waals surface area contributed by atoms with Crippen LogP contribution in [0.3, 0.4) is 0 Å². The van der Waals surface area contributed by atoms with Crippen LogP contribution in [0.4, 0.5) is 0 Å². The van der Waals surface area contributed by atoms with Gasteiger partial charge in [-0.1, -0.05) is 44.4 Å². The van der Waals surface area contributed by atoms with Gasteiger partial charge in [-0.25, -0.2) is 0 Å². The van der Waals surface area contributed by atoms with Gasteiger partial charge in [-0.3, -0.25) is 0 Å². The van der Waals surface area contributed by atoms with Crippen LogP contribution < -0.4 is 0 Å². The molecule has 0 bridgehead atoms. The minimum absolute atomic E-state index is 0.409. The van der Waals surface area contributed by atoms with E-state index in [-0.39, 0.29) is 0 Å². The smallest absolute Gasteiger partial charge is 0.000676 e. The van der Waals surface area contributed by atoms with Crippen molar-refractivity contribution in [3.05, 3.63) is 49.6 Å². The summed E-state index contributed by atoms with van der Waals surface area (Å²) in [5, 5.41) is 0. The first-order valence-electron chi connectivity index (χ1n) is 3.86. The van der Waals surface area contributed by atoms with Crippen molar-refractivity contribution in [2.75, 3.05) is 0 Å². The van der Waals surface area contributed by atoms with E-state index in [1.54, 1.807) is 6.08 Å². The molecule has 0 aromatic heterocycles. The Balaban J connectivity index is 4.09. The Morgan fingerprint density at radius 3 is 2.45 bits per heavy atom. The molecule has 0 amide bonds. The number of hydrogen-bond donors (Lipinski definition) is 0. The lowest BCUT2D eigenvalue weighted by atomic mass is 9.98. The fourth-order valence-electron chi connectivity index (χ4n) is 0.895. The Morgan fingerprint density at radius 2 is 2.09 bits per heavy atom. The van der Waals surface area contributed by atoms with E-state index in [0.29, 0.717) is 5.92 Å². The molecule has 0 N–H and O–H groups in total. The maximum Gasteiger partial charge on any atom is 0.000676 e. The summed E-state index contributed by atoms with van der Waals surface area (Å²) in [6.45, 7) is 13.4. The lowest BCUT2D eigenvalue weighted by molar-refractivity contribution is 0.748. The van der Waals surface area contributed by atoms with Crippen molar-refractivity contribution in [3.63, 3.8) is 0 Å². The zero-order valence-electron chi connectivity index (χ0n) is 7.22. The summed E-state index contributed by atoms with van der Waals surface area (Å²) in [6, 6.07) is 0. The minimum atomic E-state index is 0.409. The van der Waals surface area contributed by atoms with Crippen LogP contribution in [0.15, 0.2) is 49.6 Å². The van der Waals surface area contributed by atoms with E-state index < -0.39 is 0 Å². The van der Waals surface area contributed by atoms with Crippen LogP contribution in [0.5, 0.6) is 0 Å². The molecule has 0 fully saturated rings. The van der Waals surface area contributed by atoms with Gasteiger partial charge in [0.05, 0.1) is 0 Å². The Hall–Kier alpha value is -1.04. The standard InChI is InChI=1S/C11H16/c1-5-8-9-10(4)11(6-2)7-3/h5-6,8-9,11H,1-2,4,7H2,3H3/b9-8-/t11-/m1/s1. The van der Waals surface area contributed by atoms with Crippen LogP contribution in [0.2, 0.25) is 0 Å². The number of rotatable bonds is 5. The van der Waals surface area contributed by atoms with Gasteiger partial charge in [0.15, 0.2) is 0 Å². The molecule has 0 aromatic carbocycles. The molecule has 0 radical (unpaired) electrons. The van der Waals surface area contributed by atoms with Crippen LogP contribution >= 0.6 is 0 Å². The molecule has 1 atom stereocenters. The molecule has 0 aliphatic carbocycles. The third-order valence-electron chi connectivity index (χ3n) is 1.65. The summed E-state index contributed by atoms with van der Waals surface area (Å²) in [7, 11) is 0. The molecule has 0 heterocycles. The van der Waals surface area contributed by atoms with Gasteiger partial charge < -0.3 is 0 Å².